The smallest absolute Gasteiger partial charge is 0.191 e. The van der Waals surface area contributed by atoms with Gasteiger partial charge in [-0.3, -0.25) is 0 Å². The molecule has 0 saturated carbocycles. The Hall–Kier alpha value is -1.67. The van der Waals surface area contributed by atoms with E-state index in [4.69, 9.17) is 9.73 Å². The summed E-state index contributed by atoms with van der Waals surface area (Å²) in [5.74, 6) is 2.63. The molecule has 0 amide bonds. The maximum atomic E-state index is 5.42. The van der Waals surface area contributed by atoms with Crippen molar-refractivity contribution in [2.45, 2.75) is 65.6 Å². The monoisotopic (exact) mass is 379 g/mol. The number of aromatic nitrogens is 3. The number of rotatable bonds is 9. The summed E-state index contributed by atoms with van der Waals surface area (Å²) in [5.41, 5.74) is 0. The lowest BCUT2D eigenvalue weighted by atomic mass is 10.0. The molecule has 1 aromatic heterocycles. The molecule has 0 aromatic carbocycles. The van der Waals surface area contributed by atoms with Crippen LogP contribution in [0.5, 0.6) is 0 Å². The van der Waals surface area contributed by atoms with Crippen molar-refractivity contribution in [3.63, 3.8) is 0 Å². The van der Waals surface area contributed by atoms with E-state index in [0.29, 0.717) is 18.6 Å². The summed E-state index contributed by atoms with van der Waals surface area (Å²) in [6, 6.07) is 1.08. The van der Waals surface area contributed by atoms with Crippen molar-refractivity contribution in [3.8, 4) is 0 Å². The molecule has 0 spiro atoms. The van der Waals surface area contributed by atoms with Gasteiger partial charge in [0.2, 0.25) is 0 Å². The number of aryl methyl sites for hydroxylation is 1. The van der Waals surface area contributed by atoms with Crippen LogP contribution in [0.2, 0.25) is 0 Å². The highest BCUT2D eigenvalue weighted by molar-refractivity contribution is 5.80. The highest BCUT2D eigenvalue weighted by Crippen LogP contribution is 2.13. The van der Waals surface area contributed by atoms with Crippen LogP contribution in [0.25, 0.3) is 0 Å². The van der Waals surface area contributed by atoms with Gasteiger partial charge in [0.15, 0.2) is 11.8 Å². The maximum absolute atomic E-state index is 5.42. The Balaban J connectivity index is 1.90. The van der Waals surface area contributed by atoms with E-state index in [1.165, 1.54) is 0 Å². The normalized spacial score (nSPS) is 16.9. The zero-order valence-corrected chi connectivity index (χ0v) is 17.7. The minimum atomic E-state index is 0.458. The summed E-state index contributed by atoms with van der Waals surface area (Å²) in [7, 11) is 1.98. The number of ether oxygens (including phenoxy) is 1. The molecule has 8 nitrogen and oxygen atoms in total. The molecule has 2 N–H and O–H groups in total. The van der Waals surface area contributed by atoms with Crippen LogP contribution in [0.15, 0.2) is 4.99 Å². The van der Waals surface area contributed by atoms with Crippen molar-refractivity contribution < 1.29 is 4.74 Å². The summed E-state index contributed by atoms with van der Waals surface area (Å²) < 4.78 is 7.40. The minimum absolute atomic E-state index is 0.458. The Morgan fingerprint density at radius 3 is 2.63 bits per heavy atom. The van der Waals surface area contributed by atoms with E-state index in [2.05, 4.69) is 39.6 Å². The summed E-state index contributed by atoms with van der Waals surface area (Å²) in [6.07, 6.45) is 3.24. The highest BCUT2D eigenvalue weighted by atomic mass is 16.5. The number of hydrogen-bond donors (Lipinski definition) is 2. The first-order chi connectivity index (χ1) is 13.0. The van der Waals surface area contributed by atoms with Gasteiger partial charge >= 0.3 is 0 Å². The SMILES string of the molecule is CCOCCCNC(=NCc1nnc(C)n1C)NC1CCN(C(C)C)CC1. The zero-order valence-electron chi connectivity index (χ0n) is 17.7. The fourth-order valence-corrected chi connectivity index (χ4v) is 3.17. The van der Waals surface area contributed by atoms with Gasteiger partial charge in [-0.25, -0.2) is 4.99 Å². The molecule has 0 unspecified atom stereocenters. The summed E-state index contributed by atoms with van der Waals surface area (Å²) in [4.78, 5) is 7.29. The van der Waals surface area contributed by atoms with Crippen LogP contribution in [0.1, 0.15) is 51.7 Å². The second kappa shape index (κ2) is 11.2. The van der Waals surface area contributed by atoms with Gasteiger partial charge in [-0.1, -0.05) is 0 Å². The number of hydrogen-bond acceptors (Lipinski definition) is 5. The van der Waals surface area contributed by atoms with E-state index in [-0.39, 0.29) is 0 Å². The molecule has 2 heterocycles. The lowest BCUT2D eigenvalue weighted by molar-refractivity contribution is 0.145. The molecule has 1 saturated heterocycles. The number of piperidine rings is 1. The first kappa shape index (κ1) is 21.6. The second-order valence-electron chi connectivity index (χ2n) is 7.41. The molecule has 0 atom stereocenters. The van der Waals surface area contributed by atoms with E-state index in [1.54, 1.807) is 0 Å². The molecular weight excluding hydrogens is 342 g/mol. The lowest BCUT2D eigenvalue weighted by Crippen LogP contribution is -2.50. The molecule has 1 aliphatic rings. The number of nitrogens with zero attached hydrogens (tertiary/aromatic N) is 5. The predicted octanol–water partition coefficient (Wildman–Crippen LogP) is 1.46. The Kier molecular flexibility index (Phi) is 9.00. The molecule has 1 aliphatic heterocycles. The zero-order chi connectivity index (χ0) is 19.6. The van der Waals surface area contributed by atoms with E-state index < -0.39 is 0 Å². The lowest BCUT2D eigenvalue weighted by Gasteiger charge is -2.35. The molecule has 154 valence electrons. The molecule has 0 radical (unpaired) electrons. The molecule has 27 heavy (non-hydrogen) atoms. The largest absolute Gasteiger partial charge is 0.382 e. The maximum Gasteiger partial charge on any atom is 0.191 e. The first-order valence-corrected chi connectivity index (χ1v) is 10.2. The van der Waals surface area contributed by atoms with Gasteiger partial charge in [0.1, 0.15) is 12.4 Å². The van der Waals surface area contributed by atoms with Crippen LogP contribution in [-0.2, 0) is 18.3 Å². The number of guanidine groups is 1. The average Bonchev–Trinajstić information content (AvgIpc) is 2.98. The van der Waals surface area contributed by atoms with Gasteiger partial charge in [0, 0.05) is 52.0 Å². The van der Waals surface area contributed by atoms with Crippen LogP contribution < -0.4 is 10.6 Å². The number of aliphatic imine (C=N–C) groups is 1. The van der Waals surface area contributed by atoms with Gasteiger partial charge in [-0.15, -0.1) is 10.2 Å². The number of likely N-dealkylation sites (tertiary alicyclic amines) is 1. The van der Waals surface area contributed by atoms with Crippen molar-refractivity contribution in [1.29, 1.82) is 0 Å². The third-order valence-corrected chi connectivity index (χ3v) is 5.12. The molecule has 1 fully saturated rings. The molecule has 1 aromatic rings. The molecule has 0 bridgehead atoms. The Morgan fingerprint density at radius 1 is 1.30 bits per heavy atom. The first-order valence-electron chi connectivity index (χ1n) is 10.2. The van der Waals surface area contributed by atoms with E-state index in [9.17, 15) is 0 Å². The summed E-state index contributed by atoms with van der Waals surface area (Å²) >= 11 is 0. The molecule has 8 heteroatoms. The molecule has 0 aliphatic carbocycles. The average molecular weight is 380 g/mol. The van der Waals surface area contributed by atoms with Crippen LogP contribution in [0.3, 0.4) is 0 Å². The van der Waals surface area contributed by atoms with Crippen LogP contribution in [-0.4, -0.2) is 70.6 Å². The highest BCUT2D eigenvalue weighted by Gasteiger charge is 2.21. The van der Waals surface area contributed by atoms with Crippen LogP contribution in [0.4, 0.5) is 0 Å². The van der Waals surface area contributed by atoms with Crippen LogP contribution in [0, 0.1) is 6.92 Å². The van der Waals surface area contributed by atoms with Crippen LogP contribution >= 0.6 is 0 Å². The van der Waals surface area contributed by atoms with Crippen molar-refractivity contribution >= 4 is 5.96 Å². The third-order valence-electron chi connectivity index (χ3n) is 5.12. The Morgan fingerprint density at radius 2 is 2.04 bits per heavy atom. The van der Waals surface area contributed by atoms with Gasteiger partial charge in [0.25, 0.3) is 0 Å². The van der Waals surface area contributed by atoms with Crippen molar-refractivity contribution in [3.05, 3.63) is 11.6 Å². The minimum Gasteiger partial charge on any atom is -0.382 e. The third kappa shape index (κ3) is 7.10. The fourth-order valence-electron chi connectivity index (χ4n) is 3.17. The Bertz CT molecular complexity index is 577. The van der Waals surface area contributed by atoms with Crippen molar-refractivity contribution in [2.75, 3.05) is 32.8 Å². The van der Waals surface area contributed by atoms with Crippen molar-refractivity contribution in [2.24, 2.45) is 12.0 Å². The van der Waals surface area contributed by atoms with E-state index in [1.807, 2.05) is 25.5 Å². The topological polar surface area (TPSA) is 79.6 Å². The van der Waals surface area contributed by atoms with Gasteiger partial charge < -0.3 is 24.8 Å². The second-order valence-corrected chi connectivity index (χ2v) is 7.41. The molecular formula is C19H37N7O. The van der Waals surface area contributed by atoms with Gasteiger partial charge in [-0.05, 0) is 47.0 Å². The van der Waals surface area contributed by atoms with Crippen molar-refractivity contribution in [1.82, 2.24) is 30.3 Å². The summed E-state index contributed by atoms with van der Waals surface area (Å²) in [5, 5.41) is 15.4. The standard InChI is InChI=1S/C19H37N7O/c1-6-27-13-7-10-20-19(21-14-18-24-23-16(4)25(18)5)22-17-8-11-26(12-9-17)15(2)3/h15,17H,6-14H2,1-5H3,(H2,20,21,22). The van der Waals surface area contributed by atoms with E-state index >= 15 is 0 Å². The van der Waals surface area contributed by atoms with Gasteiger partial charge in [0.05, 0.1) is 0 Å². The quantitative estimate of drug-likeness (QED) is 0.384. The van der Waals surface area contributed by atoms with E-state index in [0.717, 1.165) is 69.7 Å². The molecule has 2 rings (SSSR count). The fraction of sp³-hybridized carbons (Fsp3) is 0.842. The predicted molar refractivity (Wildman–Crippen MR) is 109 cm³/mol. The number of nitrogens with one attached hydrogen (secondary N) is 2. The Labute approximate surface area is 163 Å². The van der Waals surface area contributed by atoms with Gasteiger partial charge in [-0.2, -0.15) is 0 Å². The summed E-state index contributed by atoms with van der Waals surface area (Å²) in [6.45, 7) is 13.7.